The van der Waals surface area contributed by atoms with Gasteiger partial charge in [0.1, 0.15) is 0 Å². The fraction of sp³-hybridized carbons (Fsp3) is 0.455. The number of aromatic nitrogens is 1. The first-order valence-electron chi connectivity index (χ1n) is 5.42. The minimum atomic E-state index is -0.413. The van der Waals surface area contributed by atoms with Crippen molar-refractivity contribution in [2.45, 2.75) is 6.42 Å². The maximum Gasteiger partial charge on any atom is 0.166 e. The summed E-state index contributed by atoms with van der Waals surface area (Å²) in [6.45, 7) is 1.38. The van der Waals surface area contributed by atoms with Crippen LogP contribution in [0.2, 0.25) is 0 Å². The molecule has 7 heteroatoms. The molecule has 1 rings (SSSR count). The highest BCUT2D eigenvalue weighted by Crippen LogP contribution is 2.20. The van der Waals surface area contributed by atoms with Gasteiger partial charge in [0.25, 0.3) is 0 Å². The topological polar surface area (TPSA) is 75.2 Å². The van der Waals surface area contributed by atoms with Crippen LogP contribution in [0, 0.1) is 11.2 Å². The lowest BCUT2D eigenvalue weighted by Gasteiger charge is -2.23. The Bertz CT molecular complexity index is 416. The van der Waals surface area contributed by atoms with Gasteiger partial charge in [0, 0.05) is 37.3 Å². The summed E-state index contributed by atoms with van der Waals surface area (Å²) < 4.78 is 19.4. The molecule has 0 amide bonds. The van der Waals surface area contributed by atoms with Crippen molar-refractivity contribution in [1.82, 2.24) is 4.98 Å². The highest BCUT2D eigenvalue weighted by Gasteiger charge is 2.13. The van der Waals surface area contributed by atoms with Gasteiger partial charge in [-0.2, -0.15) is 0 Å². The number of rotatable bonds is 7. The molecule has 1 heterocycles. The second kappa shape index (κ2) is 7.27. The Morgan fingerprint density at radius 3 is 2.89 bits per heavy atom. The van der Waals surface area contributed by atoms with E-state index in [4.69, 9.17) is 15.9 Å². The molecule has 0 aliphatic heterocycles. The first kappa shape index (κ1) is 14.8. The molecule has 18 heavy (non-hydrogen) atoms. The molecule has 3 N–H and O–H groups in total. The smallest absolute Gasteiger partial charge is 0.166 e. The predicted octanol–water partition coefficient (Wildman–Crippen LogP) is 1.76. The first-order chi connectivity index (χ1) is 8.54. The van der Waals surface area contributed by atoms with Crippen molar-refractivity contribution < 1.29 is 9.13 Å². The highest BCUT2D eigenvalue weighted by atomic mass is 79.9. The normalized spacial score (nSPS) is 10.4. The van der Waals surface area contributed by atoms with E-state index in [9.17, 15) is 4.39 Å². The molecule has 1 aromatic rings. The standard InChI is InChI=1S/C11H16BrFN4O/c1-18-5-4-17(3-2-10(14)15)11-9(13)6-8(12)7-16-11/h6-7H,2-5H2,1H3,(H3,14,15). The average molecular weight is 319 g/mol. The van der Waals surface area contributed by atoms with Crippen LogP contribution in [0.1, 0.15) is 6.42 Å². The Hall–Kier alpha value is -1.21. The molecule has 100 valence electrons. The summed E-state index contributed by atoms with van der Waals surface area (Å²) in [5.41, 5.74) is 5.31. The van der Waals surface area contributed by atoms with Crippen LogP contribution in [0.3, 0.4) is 0 Å². The van der Waals surface area contributed by atoms with Crippen molar-refractivity contribution in [1.29, 1.82) is 5.41 Å². The monoisotopic (exact) mass is 318 g/mol. The van der Waals surface area contributed by atoms with Crippen molar-refractivity contribution in [2.75, 3.05) is 31.7 Å². The van der Waals surface area contributed by atoms with Crippen molar-refractivity contribution in [3.63, 3.8) is 0 Å². The van der Waals surface area contributed by atoms with Gasteiger partial charge in [-0.25, -0.2) is 9.37 Å². The van der Waals surface area contributed by atoms with Crippen LogP contribution in [-0.2, 0) is 4.74 Å². The van der Waals surface area contributed by atoms with E-state index >= 15 is 0 Å². The molecule has 0 aliphatic carbocycles. The largest absolute Gasteiger partial charge is 0.388 e. The van der Waals surface area contributed by atoms with E-state index in [-0.39, 0.29) is 11.7 Å². The van der Waals surface area contributed by atoms with E-state index in [0.717, 1.165) is 0 Å². The zero-order valence-electron chi connectivity index (χ0n) is 10.1. The van der Waals surface area contributed by atoms with E-state index in [1.165, 1.54) is 12.3 Å². The van der Waals surface area contributed by atoms with Gasteiger partial charge in [-0.15, -0.1) is 0 Å². The number of nitrogens with one attached hydrogen (secondary N) is 1. The van der Waals surface area contributed by atoms with Crippen LogP contribution in [0.4, 0.5) is 10.2 Å². The van der Waals surface area contributed by atoms with Gasteiger partial charge in [-0.1, -0.05) is 0 Å². The SMILES string of the molecule is COCCN(CCC(=N)N)c1ncc(Br)cc1F. The third-order valence-electron chi connectivity index (χ3n) is 2.30. The minimum Gasteiger partial charge on any atom is -0.388 e. The Labute approximate surface area is 114 Å². The molecule has 1 aromatic heterocycles. The third kappa shape index (κ3) is 4.58. The Morgan fingerprint density at radius 2 is 2.33 bits per heavy atom. The van der Waals surface area contributed by atoms with Crippen molar-refractivity contribution >= 4 is 27.6 Å². The number of pyridine rings is 1. The zero-order valence-corrected chi connectivity index (χ0v) is 11.7. The van der Waals surface area contributed by atoms with Crippen LogP contribution in [0.5, 0.6) is 0 Å². The molecule has 0 radical (unpaired) electrons. The fourth-order valence-electron chi connectivity index (χ4n) is 1.42. The maximum atomic E-state index is 13.8. The van der Waals surface area contributed by atoms with Crippen LogP contribution >= 0.6 is 15.9 Å². The first-order valence-corrected chi connectivity index (χ1v) is 6.21. The van der Waals surface area contributed by atoms with Gasteiger partial charge < -0.3 is 15.4 Å². The lowest BCUT2D eigenvalue weighted by molar-refractivity contribution is 0.205. The van der Waals surface area contributed by atoms with Gasteiger partial charge in [0.15, 0.2) is 11.6 Å². The van der Waals surface area contributed by atoms with Gasteiger partial charge in [0.2, 0.25) is 0 Å². The molecule has 0 spiro atoms. The minimum absolute atomic E-state index is 0.0648. The van der Waals surface area contributed by atoms with Crippen LogP contribution in [0.25, 0.3) is 0 Å². The van der Waals surface area contributed by atoms with Gasteiger partial charge in [-0.3, -0.25) is 5.41 Å². The average Bonchev–Trinajstić information content (AvgIpc) is 2.30. The number of nitrogens with zero attached hydrogens (tertiary/aromatic N) is 2. The summed E-state index contributed by atoms with van der Waals surface area (Å²) in [6, 6.07) is 1.36. The van der Waals surface area contributed by atoms with Gasteiger partial charge in [0.05, 0.1) is 12.4 Å². The van der Waals surface area contributed by atoms with Crippen molar-refractivity contribution in [3.05, 3.63) is 22.6 Å². The molecule has 0 saturated carbocycles. The second-order valence-corrected chi connectivity index (χ2v) is 4.63. The van der Waals surface area contributed by atoms with Gasteiger partial charge >= 0.3 is 0 Å². The van der Waals surface area contributed by atoms with E-state index in [1.807, 2.05) is 0 Å². The molecule has 5 nitrogen and oxygen atoms in total. The van der Waals surface area contributed by atoms with E-state index in [1.54, 1.807) is 12.0 Å². The van der Waals surface area contributed by atoms with Crippen LogP contribution < -0.4 is 10.6 Å². The third-order valence-corrected chi connectivity index (χ3v) is 2.74. The number of halogens is 2. The number of hydrogen-bond acceptors (Lipinski definition) is 4. The molecular weight excluding hydrogens is 303 g/mol. The van der Waals surface area contributed by atoms with Crippen molar-refractivity contribution in [3.8, 4) is 0 Å². The fourth-order valence-corrected chi connectivity index (χ4v) is 1.72. The molecule has 0 fully saturated rings. The lowest BCUT2D eigenvalue weighted by atomic mass is 10.3. The van der Waals surface area contributed by atoms with Crippen LogP contribution in [0.15, 0.2) is 16.7 Å². The number of anilines is 1. The van der Waals surface area contributed by atoms with E-state index in [2.05, 4.69) is 20.9 Å². The number of hydrogen-bond donors (Lipinski definition) is 2. The van der Waals surface area contributed by atoms with Crippen molar-refractivity contribution in [2.24, 2.45) is 5.73 Å². The predicted molar refractivity (Wildman–Crippen MR) is 72.5 cm³/mol. The summed E-state index contributed by atoms with van der Waals surface area (Å²) >= 11 is 3.16. The molecule has 0 bridgehead atoms. The van der Waals surface area contributed by atoms with Crippen LogP contribution in [-0.4, -0.2) is 37.6 Å². The zero-order chi connectivity index (χ0) is 13.5. The second-order valence-electron chi connectivity index (χ2n) is 3.71. The highest BCUT2D eigenvalue weighted by molar-refractivity contribution is 9.10. The molecule has 0 unspecified atom stereocenters. The summed E-state index contributed by atoms with van der Waals surface area (Å²) in [7, 11) is 1.58. The summed E-state index contributed by atoms with van der Waals surface area (Å²) in [4.78, 5) is 5.76. The van der Waals surface area contributed by atoms with E-state index < -0.39 is 5.82 Å². The maximum absolute atomic E-state index is 13.8. The molecular formula is C11H16BrFN4O. The summed E-state index contributed by atoms with van der Waals surface area (Å²) in [5, 5.41) is 7.21. The molecule has 0 aromatic carbocycles. The Kier molecular flexibility index (Phi) is 6.00. The quantitative estimate of drug-likeness (QED) is 0.593. The lowest BCUT2D eigenvalue weighted by Crippen LogP contribution is -2.32. The molecule has 0 atom stereocenters. The number of amidine groups is 1. The molecule has 0 saturated heterocycles. The Morgan fingerprint density at radius 1 is 1.61 bits per heavy atom. The summed E-state index contributed by atoms with van der Waals surface area (Å²) in [6.07, 6.45) is 1.90. The molecule has 0 aliphatic rings. The number of nitrogens with two attached hydrogens (primary N) is 1. The Balaban J connectivity index is 2.82. The van der Waals surface area contributed by atoms with Gasteiger partial charge in [-0.05, 0) is 22.0 Å². The number of methoxy groups -OCH3 is 1. The summed E-state index contributed by atoms with van der Waals surface area (Å²) in [5.74, 6) is -0.101. The number of ether oxygens (including phenoxy) is 1. The van der Waals surface area contributed by atoms with E-state index in [0.29, 0.717) is 30.6 Å².